The Hall–Kier alpha value is -2.64. The number of benzene rings is 2. The Kier molecular flexibility index (Phi) is 6.91. The van der Waals surface area contributed by atoms with Crippen molar-refractivity contribution < 1.29 is 9.47 Å². The molecule has 0 amide bonds. The number of ether oxygens (including phenoxy) is 2. The third-order valence-electron chi connectivity index (χ3n) is 5.99. The third kappa shape index (κ3) is 4.57. The molecule has 4 rings (SSSR count). The maximum atomic E-state index is 5.86. The summed E-state index contributed by atoms with van der Waals surface area (Å²) in [5.74, 6) is 2.18. The van der Waals surface area contributed by atoms with E-state index in [1.54, 1.807) is 14.2 Å². The monoisotopic (exact) mass is 510 g/mol. The first-order valence-corrected chi connectivity index (χ1v) is 12.0. The second-order valence-corrected chi connectivity index (χ2v) is 9.48. The smallest absolute Gasteiger partial charge is 0.145 e. The zero-order valence-corrected chi connectivity index (χ0v) is 21.7. The van der Waals surface area contributed by atoms with E-state index in [9.17, 15) is 0 Å². The van der Waals surface area contributed by atoms with Crippen LogP contribution in [0.25, 0.3) is 22.4 Å². The second-order valence-electron chi connectivity index (χ2n) is 8.69. The number of methoxy groups -OCH3 is 2. The zero-order valence-electron chi connectivity index (χ0n) is 20.1. The Morgan fingerprint density at radius 1 is 1.06 bits per heavy atom. The van der Waals surface area contributed by atoms with Crippen molar-refractivity contribution in [3.63, 3.8) is 0 Å². The maximum Gasteiger partial charge on any atom is 0.145 e. The van der Waals surface area contributed by atoms with E-state index in [0.717, 1.165) is 49.6 Å². The lowest BCUT2D eigenvalue weighted by Crippen LogP contribution is -2.08. The Morgan fingerprint density at radius 3 is 2.36 bits per heavy atom. The van der Waals surface area contributed by atoms with Crippen LogP contribution in [0.4, 0.5) is 0 Å². The van der Waals surface area contributed by atoms with E-state index in [-0.39, 0.29) is 0 Å². The number of nitrogens with zero attached hydrogens (tertiary/aromatic N) is 4. The van der Waals surface area contributed by atoms with Crippen LogP contribution in [0.1, 0.15) is 42.3 Å². The molecule has 0 radical (unpaired) electrons. The summed E-state index contributed by atoms with van der Waals surface area (Å²) in [7, 11) is 3.43. The lowest BCUT2D eigenvalue weighted by molar-refractivity contribution is 0.188. The summed E-state index contributed by atoms with van der Waals surface area (Å²) < 4.78 is 16.4. The molecule has 0 saturated carbocycles. The van der Waals surface area contributed by atoms with Gasteiger partial charge < -0.3 is 14.0 Å². The molecule has 2 aromatic heterocycles. The summed E-state index contributed by atoms with van der Waals surface area (Å²) in [6.07, 6.45) is 0. The molecule has 2 aromatic carbocycles. The number of aryl methyl sites for hydroxylation is 2. The molecule has 0 atom stereocenters. The van der Waals surface area contributed by atoms with Crippen LogP contribution in [-0.2, 0) is 17.8 Å². The number of hydrogen-bond donors (Lipinski definition) is 0. The van der Waals surface area contributed by atoms with Crippen molar-refractivity contribution in [1.82, 2.24) is 19.3 Å². The van der Waals surface area contributed by atoms with Gasteiger partial charge in [-0.3, -0.25) is 4.68 Å². The fraction of sp³-hybridized carbons (Fsp3) is 0.385. The second kappa shape index (κ2) is 9.69. The van der Waals surface area contributed by atoms with Gasteiger partial charge in [0.25, 0.3) is 0 Å². The van der Waals surface area contributed by atoms with Crippen molar-refractivity contribution >= 4 is 27.0 Å². The fourth-order valence-corrected chi connectivity index (χ4v) is 4.72. The van der Waals surface area contributed by atoms with Crippen molar-refractivity contribution in [2.24, 2.45) is 0 Å². The SMILES string of the molecule is COCCn1c(-c2ccc(C(C)C)cc2)nc2c(Br)c(Cn3nc(C)cc3C)cc(OC)c21. The number of imidazole rings is 1. The van der Waals surface area contributed by atoms with Crippen molar-refractivity contribution in [3.05, 3.63) is 63.4 Å². The van der Waals surface area contributed by atoms with Crippen molar-refractivity contribution in [3.8, 4) is 17.1 Å². The predicted molar refractivity (Wildman–Crippen MR) is 136 cm³/mol. The minimum absolute atomic E-state index is 0.484. The minimum atomic E-state index is 0.484. The van der Waals surface area contributed by atoms with Gasteiger partial charge in [-0.05, 0) is 59.0 Å². The molecule has 0 N–H and O–H groups in total. The lowest BCUT2D eigenvalue weighted by Gasteiger charge is -2.14. The largest absolute Gasteiger partial charge is 0.494 e. The molecule has 0 spiro atoms. The molecular weight excluding hydrogens is 480 g/mol. The zero-order chi connectivity index (χ0) is 23.7. The number of rotatable bonds is 8. The van der Waals surface area contributed by atoms with Gasteiger partial charge in [0, 0.05) is 24.9 Å². The van der Waals surface area contributed by atoms with E-state index in [4.69, 9.17) is 14.5 Å². The average Bonchev–Trinajstić information content (AvgIpc) is 3.33. The molecule has 0 aliphatic carbocycles. The Labute approximate surface area is 203 Å². The highest BCUT2D eigenvalue weighted by atomic mass is 79.9. The van der Waals surface area contributed by atoms with E-state index in [1.807, 2.05) is 11.6 Å². The summed E-state index contributed by atoms with van der Waals surface area (Å²) in [6, 6.07) is 12.8. The van der Waals surface area contributed by atoms with E-state index in [2.05, 4.69) is 82.8 Å². The molecule has 0 saturated heterocycles. The number of halogens is 1. The molecule has 0 bridgehead atoms. The first-order chi connectivity index (χ1) is 15.8. The molecule has 6 nitrogen and oxygen atoms in total. The normalized spacial score (nSPS) is 11.6. The molecule has 0 fully saturated rings. The van der Waals surface area contributed by atoms with Gasteiger partial charge in [0.05, 0.1) is 30.4 Å². The van der Waals surface area contributed by atoms with E-state index in [1.165, 1.54) is 5.56 Å². The van der Waals surface area contributed by atoms with Gasteiger partial charge in [-0.2, -0.15) is 5.10 Å². The Bertz CT molecular complexity index is 1270. The van der Waals surface area contributed by atoms with Gasteiger partial charge in [0.2, 0.25) is 0 Å². The van der Waals surface area contributed by atoms with Crippen molar-refractivity contribution in [1.29, 1.82) is 0 Å². The lowest BCUT2D eigenvalue weighted by atomic mass is 10.0. The molecule has 4 aromatic rings. The molecule has 7 heteroatoms. The van der Waals surface area contributed by atoms with Gasteiger partial charge in [0.1, 0.15) is 22.6 Å². The molecule has 0 unspecified atom stereocenters. The topological polar surface area (TPSA) is 54.1 Å². The van der Waals surface area contributed by atoms with Gasteiger partial charge >= 0.3 is 0 Å². The maximum absolute atomic E-state index is 5.86. The predicted octanol–water partition coefficient (Wildman–Crippen LogP) is 6.11. The average molecular weight is 511 g/mol. The summed E-state index contributed by atoms with van der Waals surface area (Å²) in [5.41, 5.74) is 7.42. The number of aromatic nitrogens is 4. The van der Waals surface area contributed by atoms with Gasteiger partial charge in [-0.1, -0.05) is 38.1 Å². The van der Waals surface area contributed by atoms with Crippen LogP contribution in [0.15, 0.2) is 40.9 Å². The molecule has 174 valence electrons. The van der Waals surface area contributed by atoms with Crippen LogP contribution in [0.3, 0.4) is 0 Å². The highest BCUT2D eigenvalue weighted by Crippen LogP contribution is 2.38. The highest BCUT2D eigenvalue weighted by molar-refractivity contribution is 9.10. The van der Waals surface area contributed by atoms with Crippen LogP contribution in [-0.4, -0.2) is 40.2 Å². The standard InChI is InChI=1S/C26H31BrN4O2/c1-16(2)19-7-9-20(10-8-19)26-28-24-23(27)21(15-31-18(4)13-17(3)29-31)14-22(33-6)25(24)30(26)11-12-32-5/h7-10,13-14,16H,11-12,15H2,1-6H3. The van der Waals surface area contributed by atoms with E-state index in [0.29, 0.717) is 25.6 Å². The minimum Gasteiger partial charge on any atom is -0.494 e. The highest BCUT2D eigenvalue weighted by Gasteiger charge is 2.22. The van der Waals surface area contributed by atoms with E-state index < -0.39 is 0 Å². The fourth-order valence-electron chi connectivity index (χ4n) is 4.20. The van der Waals surface area contributed by atoms with Crippen LogP contribution < -0.4 is 4.74 Å². The molecule has 0 aliphatic heterocycles. The van der Waals surface area contributed by atoms with Gasteiger partial charge in [-0.15, -0.1) is 0 Å². The van der Waals surface area contributed by atoms with Crippen LogP contribution in [0.5, 0.6) is 5.75 Å². The molecule has 0 aliphatic rings. The van der Waals surface area contributed by atoms with E-state index >= 15 is 0 Å². The van der Waals surface area contributed by atoms with Crippen LogP contribution >= 0.6 is 15.9 Å². The van der Waals surface area contributed by atoms with Gasteiger partial charge in [-0.25, -0.2) is 4.98 Å². The first kappa shape index (κ1) is 23.5. The summed E-state index contributed by atoms with van der Waals surface area (Å²) in [5, 5.41) is 4.63. The third-order valence-corrected chi connectivity index (χ3v) is 6.88. The Morgan fingerprint density at radius 2 is 1.79 bits per heavy atom. The molecule has 2 heterocycles. The number of fused-ring (bicyclic) bond motifs is 1. The molecule has 33 heavy (non-hydrogen) atoms. The Balaban J connectivity index is 1.89. The first-order valence-electron chi connectivity index (χ1n) is 11.2. The summed E-state index contributed by atoms with van der Waals surface area (Å²) in [4.78, 5) is 5.10. The van der Waals surface area contributed by atoms with Crippen molar-refractivity contribution in [2.45, 2.75) is 46.7 Å². The van der Waals surface area contributed by atoms with Crippen LogP contribution in [0.2, 0.25) is 0 Å². The summed E-state index contributed by atoms with van der Waals surface area (Å²) >= 11 is 3.85. The molecular formula is C26H31BrN4O2. The quantitative estimate of drug-likeness (QED) is 0.287. The van der Waals surface area contributed by atoms with Gasteiger partial charge in [0.15, 0.2) is 0 Å². The summed E-state index contributed by atoms with van der Waals surface area (Å²) in [6.45, 7) is 10.4. The van der Waals surface area contributed by atoms with Crippen molar-refractivity contribution in [2.75, 3.05) is 20.8 Å². The number of hydrogen-bond acceptors (Lipinski definition) is 4. The van der Waals surface area contributed by atoms with Crippen LogP contribution in [0, 0.1) is 13.8 Å².